The van der Waals surface area contributed by atoms with Crippen molar-refractivity contribution in [2.24, 2.45) is 0 Å². The van der Waals surface area contributed by atoms with Gasteiger partial charge in [0.25, 0.3) is 0 Å². The van der Waals surface area contributed by atoms with Crippen LogP contribution in [0.5, 0.6) is 0 Å². The average molecular weight is 537 g/mol. The first-order valence-corrected chi connectivity index (χ1v) is 14.9. The van der Waals surface area contributed by atoms with Crippen LogP contribution in [0.15, 0.2) is 146 Å². The fourth-order valence-corrected chi connectivity index (χ4v) is 7.55. The molecule has 0 saturated carbocycles. The van der Waals surface area contributed by atoms with Crippen molar-refractivity contribution in [3.05, 3.63) is 173 Å². The van der Waals surface area contributed by atoms with Crippen LogP contribution in [0.25, 0.3) is 49.5 Å². The lowest BCUT2D eigenvalue weighted by Gasteiger charge is -2.42. The standard InChI is InChI=1S/C42H32/c1-28-22-23-30-13-4-8-18-34(30)39(28)41-36-20-10-6-15-32(36)26-27-42(41,2)38-25-24-31-14-5-9-19-35(31)40(38)37-21-11-16-29-12-3-7-17-33(29)37/h3-27,41H,1-2H3. The highest BCUT2D eigenvalue weighted by Crippen LogP contribution is 2.54. The number of allylic oxidation sites excluding steroid dienone is 1. The maximum atomic E-state index is 2.49. The first-order chi connectivity index (χ1) is 20.6. The molecule has 0 amide bonds. The van der Waals surface area contributed by atoms with Crippen LogP contribution in [0.2, 0.25) is 0 Å². The Bertz CT molecular complexity index is 2170. The molecule has 2 unspecified atom stereocenters. The third-order valence-electron chi connectivity index (χ3n) is 9.56. The Kier molecular flexibility index (Phi) is 5.66. The molecular formula is C42H32. The molecule has 42 heavy (non-hydrogen) atoms. The zero-order valence-corrected chi connectivity index (χ0v) is 24.0. The lowest BCUT2D eigenvalue weighted by Crippen LogP contribution is -2.33. The van der Waals surface area contributed by atoms with Crippen LogP contribution < -0.4 is 0 Å². The first-order valence-electron chi connectivity index (χ1n) is 14.9. The monoisotopic (exact) mass is 536 g/mol. The average Bonchev–Trinajstić information content (AvgIpc) is 3.04. The van der Waals surface area contributed by atoms with Crippen LogP contribution in [0, 0.1) is 6.92 Å². The molecule has 0 heterocycles. The van der Waals surface area contributed by atoms with E-state index in [0.29, 0.717) is 0 Å². The SMILES string of the molecule is Cc1ccc2ccccc2c1C1c2ccccc2C=CC1(C)c1ccc2ccccc2c1-c1cccc2ccccc12. The zero-order chi connectivity index (χ0) is 28.3. The highest BCUT2D eigenvalue weighted by atomic mass is 14.4. The number of aryl methyl sites for hydroxylation is 1. The summed E-state index contributed by atoms with van der Waals surface area (Å²) in [4.78, 5) is 0. The van der Waals surface area contributed by atoms with Crippen LogP contribution in [0.3, 0.4) is 0 Å². The fourth-order valence-electron chi connectivity index (χ4n) is 7.55. The molecule has 2 atom stereocenters. The maximum absolute atomic E-state index is 2.49. The largest absolute Gasteiger partial charge is 0.0726 e. The Labute approximate surface area is 247 Å². The summed E-state index contributed by atoms with van der Waals surface area (Å²) < 4.78 is 0. The van der Waals surface area contributed by atoms with Gasteiger partial charge in [0.05, 0.1) is 0 Å². The molecule has 0 spiro atoms. The summed E-state index contributed by atoms with van der Waals surface area (Å²) >= 11 is 0. The maximum Gasteiger partial charge on any atom is 0.0233 e. The number of hydrogen-bond donors (Lipinski definition) is 0. The zero-order valence-electron chi connectivity index (χ0n) is 24.0. The van der Waals surface area contributed by atoms with E-state index in [2.05, 4.69) is 166 Å². The summed E-state index contributed by atoms with van der Waals surface area (Å²) in [7, 11) is 0. The van der Waals surface area contributed by atoms with Crippen LogP contribution in [-0.4, -0.2) is 0 Å². The van der Waals surface area contributed by atoms with Gasteiger partial charge in [0.1, 0.15) is 0 Å². The molecule has 0 nitrogen and oxygen atoms in total. The second kappa shape index (κ2) is 9.57. The molecule has 0 radical (unpaired) electrons. The molecule has 1 aliphatic rings. The third-order valence-corrected chi connectivity index (χ3v) is 9.56. The Morgan fingerprint density at radius 1 is 0.524 bits per heavy atom. The Hall–Kier alpha value is -4.94. The minimum Gasteiger partial charge on any atom is -0.0726 e. The molecule has 8 rings (SSSR count). The van der Waals surface area contributed by atoms with Gasteiger partial charge < -0.3 is 0 Å². The van der Waals surface area contributed by atoms with Crippen LogP contribution in [0.4, 0.5) is 0 Å². The lowest BCUT2D eigenvalue weighted by atomic mass is 9.60. The predicted octanol–water partition coefficient (Wildman–Crippen LogP) is 11.2. The van der Waals surface area contributed by atoms with E-state index in [-0.39, 0.29) is 11.3 Å². The Morgan fingerprint density at radius 2 is 1.12 bits per heavy atom. The molecule has 0 saturated heterocycles. The molecule has 0 N–H and O–H groups in total. The van der Waals surface area contributed by atoms with E-state index in [1.807, 2.05) is 0 Å². The molecule has 200 valence electrons. The van der Waals surface area contributed by atoms with Gasteiger partial charge in [-0.15, -0.1) is 0 Å². The van der Waals surface area contributed by atoms with Gasteiger partial charge in [0.2, 0.25) is 0 Å². The van der Waals surface area contributed by atoms with Crippen molar-refractivity contribution in [3.8, 4) is 11.1 Å². The highest BCUT2D eigenvalue weighted by Gasteiger charge is 2.42. The van der Waals surface area contributed by atoms with E-state index in [9.17, 15) is 0 Å². The van der Waals surface area contributed by atoms with Gasteiger partial charge in [-0.25, -0.2) is 0 Å². The van der Waals surface area contributed by atoms with Gasteiger partial charge in [-0.2, -0.15) is 0 Å². The molecule has 0 aromatic heterocycles. The molecule has 0 fully saturated rings. The topological polar surface area (TPSA) is 0 Å². The van der Waals surface area contributed by atoms with E-state index in [1.165, 1.54) is 71.3 Å². The first kappa shape index (κ1) is 24.8. The van der Waals surface area contributed by atoms with Crippen molar-refractivity contribution in [2.75, 3.05) is 0 Å². The molecular weight excluding hydrogens is 504 g/mol. The third kappa shape index (κ3) is 3.68. The number of rotatable bonds is 3. The summed E-state index contributed by atoms with van der Waals surface area (Å²) in [6.07, 6.45) is 4.84. The summed E-state index contributed by atoms with van der Waals surface area (Å²) in [6.45, 7) is 4.75. The number of hydrogen-bond acceptors (Lipinski definition) is 0. The summed E-state index contributed by atoms with van der Waals surface area (Å²) in [5, 5.41) is 7.76. The van der Waals surface area contributed by atoms with E-state index < -0.39 is 0 Å². The van der Waals surface area contributed by atoms with Crippen molar-refractivity contribution in [1.82, 2.24) is 0 Å². The van der Waals surface area contributed by atoms with Crippen LogP contribution in [-0.2, 0) is 5.41 Å². The van der Waals surface area contributed by atoms with Gasteiger partial charge >= 0.3 is 0 Å². The molecule has 7 aromatic carbocycles. The minimum absolute atomic E-state index is 0.139. The quantitative estimate of drug-likeness (QED) is 0.211. The normalized spacial score (nSPS) is 18.0. The summed E-state index contributed by atoms with van der Waals surface area (Å²) in [5.41, 5.74) is 9.13. The van der Waals surface area contributed by atoms with Gasteiger partial charge in [0.15, 0.2) is 0 Å². The molecule has 0 aliphatic heterocycles. The molecule has 0 bridgehead atoms. The van der Waals surface area contributed by atoms with Gasteiger partial charge in [-0.3, -0.25) is 0 Å². The summed E-state index contributed by atoms with van der Waals surface area (Å²) in [6, 6.07) is 51.6. The predicted molar refractivity (Wildman–Crippen MR) is 180 cm³/mol. The van der Waals surface area contributed by atoms with E-state index in [4.69, 9.17) is 0 Å². The van der Waals surface area contributed by atoms with Crippen LogP contribution in [0.1, 0.15) is 40.7 Å². The Morgan fingerprint density at radius 3 is 1.93 bits per heavy atom. The van der Waals surface area contributed by atoms with E-state index >= 15 is 0 Å². The Balaban J connectivity index is 1.51. The smallest absolute Gasteiger partial charge is 0.0233 e. The van der Waals surface area contributed by atoms with Crippen molar-refractivity contribution in [2.45, 2.75) is 25.2 Å². The van der Waals surface area contributed by atoms with Crippen molar-refractivity contribution < 1.29 is 0 Å². The summed E-state index contributed by atoms with van der Waals surface area (Å²) in [5.74, 6) is 0.139. The van der Waals surface area contributed by atoms with E-state index in [0.717, 1.165) is 0 Å². The molecule has 0 heteroatoms. The highest BCUT2D eigenvalue weighted by molar-refractivity contribution is 6.07. The number of fused-ring (bicyclic) bond motifs is 4. The molecule has 7 aromatic rings. The van der Waals surface area contributed by atoms with Crippen molar-refractivity contribution in [1.29, 1.82) is 0 Å². The fraction of sp³-hybridized carbons (Fsp3) is 0.0952. The van der Waals surface area contributed by atoms with Gasteiger partial charge in [0, 0.05) is 11.3 Å². The minimum atomic E-state index is -0.306. The van der Waals surface area contributed by atoms with Crippen molar-refractivity contribution >= 4 is 38.4 Å². The second-order valence-electron chi connectivity index (χ2n) is 11.9. The lowest BCUT2D eigenvalue weighted by molar-refractivity contribution is 0.516. The van der Waals surface area contributed by atoms with Gasteiger partial charge in [-0.1, -0.05) is 159 Å². The number of benzene rings is 7. The van der Waals surface area contributed by atoms with Gasteiger partial charge in [-0.05, 0) is 78.2 Å². The molecule has 1 aliphatic carbocycles. The van der Waals surface area contributed by atoms with Crippen LogP contribution >= 0.6 is 0 Å². The van der Waals surface area contributed by atoms with E-state index in [1.54, 1.807) is 0 Å². The van der Waals surface area contributed by atoms with Crippen molar-refractivity contribution in [3.63, 3.8) is 0 Å². The second-order valence-corrected chi connectivity index (χ2v) is 11.9.